The molecule has 0 radical (unpaired) electrons. The van der Waals surface area contributed by atoms with Crippen molar-refractivity contribution in [2.24, 2.45) is 0 Å². The molecule has 2 N–H and O–H groups in total. The van der Waals surface area contributed by atoms with Gasteiger partial charge in [0.05, 0.1) is 12.0 Å². The third kappa shape index (κ3) is 1.46. The number of ether oxygens (including phenoxy) is 1. The molecule has 2 aromatic rings. The van der Waals surface area contributed by atoms with Crippen LogP contribution >= 0.6 is 0 Å². The second kappa shape index (κ2) is 3.49. The number of aromatic nitrogens is 1. The molecule has 3 rings (SSSR count). The molecule has 1 aromatic heterocycles. The van der Waals surface area contributed by atoms with E-state index in [1.807, 2.05) is 18.2 Å². The SMILES string of the molecule is CC1OCCC1c1nc2ccc(N)cc2o1. The lowest BCUT2D eigenvalue weighted by atomic mass is 10.0. The Kier molecular flexibility index (Phi) is 2.11. The van der Waals surface area contributed by atoms with E-state index in [0.717, 1.165) is 30.0 Å². The van der Waals surface area contributed by atoms with Crippen molar-refractivity contribution < 1.29 is 9.15 Å². The van der Waals surface area contributed by atoms with E-state index < -0.39 is 0 Å². The third-order valence-corrected chi connectivity index (χ3v) is 3.12. The van der Waals surface area contributed by atoms with Crippen molar-refractivity contribution >= 4 is 16.8 Å². The summed E-state index contributed by atoms with van der Waals surface area (Å²) in [7, 11) is 0. The predicted molar refractivity (Wildman–Crippen MR) is 61.2 cm³/mol. The van der Waals surface area contributed by atoms with E-state index in [4.69, 9.17) is 14.9 Å². The lowest BCUT2D eigenvalue weighted by Gasteiger charge is -2.08. The van der Waals surface area contributed by atoms with Crippen molar-refractivity contribution in [3.63, 3.8) is 0 Å². The predicted octanol–water partition coefficient (Wildman–Crippen LogP) is 2.30. The highest BCUT2D eigenvalue weighted by Gasteiger charge is 2.30. The van der Waals surface area contributed by atoms with Crippen LogP contribution in [0.15, 0.2) is 22.6 Å². The van der Waals surface area contributed by atoms with E-state index in [0.29, 0.717) is 5.69 Å². The van der Waals surface area contributed by atoms with Gasteiger partial charge in [0, 0.05) is 18.4 Å². The van der Waals surface area contributed by atoms with Crippen molar-refractivity contribution in [1.29, 1.82) is 0 Å². The molecule has 0 spiro atoms. The Bertz CT molecular complexity index is 521. The van der Waals surface area contributed by atoms with Gasteiger partial charge in [-0.1, -0.05) is 0 Å². The van der Waals surface area contributed by atoms with Gasteiger partial charge in [0.2, 0.25) is 5.89 Å². The van der Waals surface area contributed by atoms with Crippen molar-refractivity contribution in [1.82, 2.24) is 4.98 Å². The molecule has 84 valence electrons. The summed E-state index contributed by atoms with van der Waals surface area (Å²) < 4.78 is 11.2. The van der Waals surface area contributed by atoms with Crippen LogP contribution in [0.1, 0.15) is 25.2 Å². The van der Waals surface area contributed by atoms with E-state index in [1.165, 1.54) is 0 Å². The Labute approximate surface area is 93.4 Å². The van der Waals surface area contributed by atoms with Crippen LogP contribution in [0, 0.1) is 0 Å². The molecule has 1 aliphatic heterocycles. The number of nitrogens with zero attached hydrogens (tertiary/aromatic N) is 1. The maximum atomic E-state index is 5.73. The van der Waals surface area contributed by atoms with Crippen LogP contribution in [0.5, 0.6) is 0 Å². The Balaban J connectivity index is 2.04. The van der Waals surface area contributed by atoms with Crippen LogP contribution < -0.4 is 5.73 Å². The molecule has 1 saturated heterocycles. The summed E-state index contributed by atoms with van der Waals surface area (Å²) in [5.41, 5.74) is 8.02. The Morgan fingerprint density at radius 3 is 3.06 bits per heavy atom. The van der Waals surface area contributed by atoms with Crippen LogP contribution in [0.25, 0.3) is 11.1 Å². The summed E-state index contributed by atoms with van der Waals surface area (Å²) in [6.45, 7) is 2.84. The molecule has 0 bridgehead atoms. The summed E-state index contributed by atoms with van der Waals surface area (Å²) in [5, 5.41) is 0. The molecular formula is C12H14N2O2. The van der Waals surface area contributed by atoms with Crippen LogP contribution in [0.4, 0.5) is 5.69 Å². The second-order valence-electron chi connectivity index (χ2n) is 4.25. The zero-order chi connectivity index (χ0) is 11.1. The molecule has 2 unspecified atom stereocenters. The smallest absolute Gasteiger partial charge is 0.201 e. The maximum Gasteiger partial charge on any atom is 0.201 e. The van der Waals surface area contributed by atoms with Gasteiger partial charge in [0.15, 0.2) is 5.58 Å². The summed E-state index contributed by atoms with van der Waals surface area (Å²) in [5.74, 6) is 1.04. The van der Waals surface area contributed by atoms with Gasteiger partial charge in [0.1, 0.15) is 5.52 Å². The fourth-order valence-corrected chi connectivity index (χ4v) is 2.17. The second-order valence-corrected chi connectivity index (χ2v) is 4.25. The van der Waals surface area contributed by atoms with Crippen molar-refractivity contribution in [3.05, 3.63) is 24.1 Å². The number of benzene rings is 1. The first-order valence-corrected chi connectivity index (χ1v) is 5.51. The van der Waals surface area contributed by atoms with Crippen LogP contribution in [-0.2, 0) is 4.74 Å². The van der Waals surface area contributed by atoms with E-state index >= 15 is 0 Å². The molecule has 4 heteroatoms. The van der Waals surface area contributed by atoms with E-state index in [9.17, 15) is 0 Å². The highest BCUT2D eigenvalue weighted by molar-refractivity contribution is 5.76. The first-order valence-electron chi connectivity index (χ1n) is 5.51. The fraction of sp³-hybridized carbons (Fsp3) is 0.417. The standard InChI is InChI=1S/C12H14N2O2/c1-7-9(4-5-15-7)12-14-10-3-2-8(13)6-11(10)16-12/h2-3,6-7,9H,4-5,13H2,1H3. The van der Waals surface area contributed by atoms with E-state index in [-0.39, 0.29) is 12.0 Å². The lowest BCUT2D eigenvalue weighted by molar-refractivity contribution is 0.114. The third-order valence-electron chi connectivity index (χ3n) is 3.12. The number of oxazole rings is 1. The molecule has 1 aromatic carbocycles. The highest BCUT2D eigenvalue weighted by atomic mass is 16.5. The summed E-state index contributed by atoms with van der Waals surface area (Å²) in [6, 6.07) is 5.54. The summed E-state index contributed by atoms with van der Waals surface area (Å²) >= 11 is 0. The first-order chi connectivity index (χ1) is 7.74. The van der Waals surface area contributed by atoms with Gasteiger partial charge in [-0.25, -0.2) is 4.98 Å². The number of hydrogen-bond acceptors (Lipinski definition) is 4. The van der Waals surface area contributed by atoms with Crippen LogP contribution in [0.3, 0.4) is 0 Å². The molecule has 1 fully saturated rings. The van der Waals surface area contributed by atoms with Crippen molar-refractivity contribution in [3.8, 4) is 0 Å². The number of hydrogen-bond donors (Lipinski definition) is 1. The molecule has 1 aliphatic rings. The van der Waals surface area contributed by atoms with Crippen molar-refractivity contribution in [2.75, 3.05) is 12.3 Å². The Morgan fingerprint density at radius 2 is 2.31 bits per heavy atom. The van der Waals surface area contributed by atoms with E-state index in [2.05, 4.69) is 11.9 Å². The minimum atomic E-state index is 0.186. The molecular weight excluding hydrogens is 204 g/mol. The quantitative estimate of drug-likeness (QED) is 0.746. The van der Waals surface area contributed by atoms with Gasteiger partial charge >= 0.3 is 0 Å². The van der Waals surface area contributed by atoms with Gasteiger partial charge in [-0.05, 0) is 25.5 Å². The number of nitrogen functional groups attached to an aromatic ring is 1. The molecule has 0 aliphatic carbocycles. The maximum absolute atomic E-state index is 5.73. The minimum Gasteiger partial charge on any atom is -0.440 e. The lowest BCUT2D eigenvalue weighted by Crippen LogP contribution is -2.09. The number of anilines is 1. The number of fused-ring (bicyclic) bond motifs is 1. The molecule has 2 atom stereocenters. The topological polar surface area (TPSA) is 61.3 Å². The molecule has 0 amide bonds. The average Bonchev–Trinajstić information content (AvgIpc) is 2.82. The first kappa shape index (κ1) is 9.66. The monoisotopic (exact) mass is 218 g/mol. The summed E-state index contributed by atoms with van der Waals surface area (Å²) in [4.78, 5) is 4.48. The van der Waals surface area contributed by atoms with E-state index in [1.54, 1.807) is 0 Å². The molecule has 2 heterocycles. The number of rotatable bonds is 1. The normalized spacial score (nSPS) is 25.3. The fourth-order valence-electron chi connectivity index (χ4n) is 2.17. The molecule has 4 nitrogen and oxygen atoms in total. The van der Waals surface area contributed by atoms with Gasteiger partial charge in [0.25, 0.3) is 0 Å². The van der Waals surface area contributed by atoms with Crippen LogP contribution in [-0.4, -0.2) is 17.7 Å². The highest BCUT2D eigenvalue weighted by Crippen LogP contribution is 2.32. The Hall–Kier alpha value is -1.55. The van der Waals surface area contributed by atoms with Gasteiger partial charge in [-0.3, -0.25) is 0 Å². The zero-order valence-corrected chi connectivity index (χ0v) is 9.14. The van der Waals surface area contributed by atoms with Gasteiger partial charge < -0.3 is 14.9 Å². The van der Waals surface area contributed by atoms with Gasteiger partial charge in [-0.2, -0.15) is 0 Å². The Morgan fingerprint density at radius 1 is 1.44 bits per heavy atom. The van der Waals surface area contributed by atoms with Crippen molar-refractivity contribution in [2.45, 2.75) is 25.4 Å². The molecule has 0 saturated carbocycles. The minimum absolute atomic E-state index is 0.186. The largest absolute Gasteiger partial charge is 0.440 e. The summed E-state index contributed by atoms with van der Waals surface area (Å²) in [6.07, 6.45) is 1.16. The molecule has 16 heavy (non-hydrogen) atoms. The number of nitrogens with two attached hydrogens (primary N) is 1. The average molecular weight is 218 g/mol. The van der Waals surface area contributed by atoms with Gasteiger partial charge in [-0.15, -0.1) is 0 Å². The van der Waals surface area contributed by atoms with Crippen LogP contribution in [0.2, 0.25) is 0 Å². The zero-order valence-electron chi connectivity index (χ0n) is 9.14.